The smallest absolute Gasteiger partial charge is 0.412 e. The van der Waals surface area contributed by atoms with Gasteiger partial charge in [0.25, 0.3) is 0 Å². The third-order valence-corrected chi connectivity index (χ3v) is 4.94. The first-order valence-corrected chi connectivity index (χ1v) is 8.78. The maximum atomic E-state index is 12.4. The number of aromatic nitrogens is 1. The first kappa shape index (κ1) is 16.4. The summed E-state index contributed by atoms with van der Waals surface area (Å²) in [5, 5.41) is 3.40. The quantitative estimate of drug-likeness (QED) is 0.749. The van der Waals surface area contributed by atoms with Gasteiger partial charge in [-0.15, -0.1) is 0 Å². The molecule has 1 heterocycles. The fourth-order valence-corrected chi connectivity index (χ4v) is 3.47. The van der Waals surface area contributed by atoms with Crippen LogP contribution in [0.15, 0.2) is 47.3 Å². The minimum atomic E-state index is -0.531. The van der Waals surface area contributed by atoms with Gasteiger partial charge in [0.15, 0.2) is 5.43 Å². The van der Waals surface area contributed by atoms with Gasteiger partial charge < -0.3 is 9.72 Å². The van der Waals surface area contributed by atoms with Crippen LogP contribution in [0.2, 0.25) is 0 Å². The lowest BCUT2D eigenvalue weighted by atomic mass is 10.1. The number of H-pyrrole nitrogens is 1. The standard InChI is InChI=1S/C21H20N2O3/c1-13-19(23-18-8-3-2-7-17(18)20(13)24)12-26-21(25)22-16-10-9-14-5-4-6-15(14)11-16/h2-3,7-11H,4-6,12H2,1H3,(H,22,25)(H,23,24). The number of carbonyl (C=O) groups excluding carboxylic acids is 1. The molecule has 0 saturated carbocycles. The second-order valence-corrected chi connectivity index (χ2v) is 6.64. The van der Waals surface area contributed by atoms with Crippen LogP contribution in [0, 0.1) is 6.92 Å². The molecule has 2 aromatic carbocycles. The van der Waals surface area contributed by atoms with Gasteiger partial charge in [0.1, 0.15) is 6.61 Å². The van der Waals surface area contributed by atoms with E-state index >= 15 is 0 Å². The fraction of sp³-hybridized carbons (Fsp3) is 0.238. The molecule has 5 heteroatoms. The number of benzene rings is 2. The van der Waals surface area contributed by atoms with Crippen molar-refractivity contribution >= 4 is 22.7 Å². The average molecular weight is 348 g/mol. The summed E-state index contributed by atoms with van der Waals surface area (Å²) in [7, 11) is 0. The Kier molecular flexibility index (Phi) is 4.21. The van der Waals surface area contributed by atoms with Gasteiger partial charge in [-0.2, -0.15) is 0 Å². The SMILES string of the molecule is Cc1c(COC(=O)Nc2ccc3c(c2)CCC3)[nH]c2ccccc2c1=O. The molecule has 0 aliphatic heterocycles. The Labute approximate surface area is 151 Å². The molecule has 5 nitrogen and oxygen atoms in total. The maximum Gasteiger partial charge on any atom is 0.412 e. The number of anilines is 1. The summed E-state index contributed by atoms with van der Waals surface area (Å²) in [6, 6.07) is 13.3. The number of carbonyl (C=O) groups is 1. The van der Waals surface area contributed by atoms with Crippen molar-refractivity contribution < 1.29 is 9.53 Å². The molecular formula is C21H20N2O3. The number of rotatable bonds is 3. The predicted molar refractivity (Wildman–Crippen MR) is 102 cm³/mol. The van der Waals surface area contributed by atoms with E-state index in [1.165, 1.54) is 11.1 Å². The van der Waals surface area contributed by atoms with Crippen LogP contribution in [0.3, 0.4) is 0 Å². The van der Waals surface area contributed by atoms with Gasteiger partial charge in [-0.3, -0.25) is 10.1 Å². The molecule has 0 unspecified atom stereocenters. The molecule has 1 amide bonds. The Bertz CT molecular complexity index is 1050. The van der Waals surface area contributed by atoms with E-state index < -0.39 is 6.09 Å². The van der Waals surface area contributed by atoms with Crippen LogP contribution in [0.5, 0.6) is 0 Å². The van der Waals surface area contributed by atoms with Crippen LogP contribution in [0.25, 0.3) is 10.9 Å². The highest BCUT2D eigenvalue weighted by atomic mass is 16.5. The number of fused-ring (bicyclic) bond motifs is 2. The van der Waals surface area contributed by atoms with E-state index in [-0.39, 0.29) is 12.0 Å². The molecule has 3 aromatic rings. The second kappa shape index (κ2) is 6.67. The van der Waals surface area contributed by atoms with Crippen molar-refractivity contribution in [2.24, 2.45) is 0 Å². The number of ether oxygens (including phenoxy) is 1. The zero-order valence-corrected chi connectivity index (χ0v) is 14.6. The average Bonchev–Trinajstić information content (AvgIpc) is 3.11. The molecule has 2 N–H and O–H groups in total. The lowest BCUT2D eigenvalue weighted by Gasteiger charge is -2.11. The predicted octanol–water partition coefficient (Wildman–Crippen LogP) is 4.07. The Balaban J connectivity index is 1.47. The lowest BCUT2D eigenvalue weighted by Crippen LogP contribution is -2.17. The third-order valence-electron chi connectivity index (χ3n) is 4.94. The van der Waals surface area contributed by atoms with Crippen molar-refractivity contribution in [1.82, 2.24) is 4.98 Å². The van der Waals surface area contributed by atoms with Gasteiger partial charge in [0.2, 0.25) is 0 Å². The Hall–Kier alpha value is -3.08. The Morgan fingerprint density at radius 1 is 1.15 bits per heavy atom. The number of hydrogen-bond acceptors (Lipinski definition) is 3. The monoisotopic (exact) mass is 348 g/mol. The molecule has 4 rings (SSSR count). The van der Waals surface area contributed by atoms with Crippen molar-refractivity contribution in [3.05, 3.63) is 75.1 Å². The summed E-state index contributed by atoms with van der Waals surface area (Å²) < 4.78 is 5.32. The van der Waals surface area contributed by atoms with Crippen molar-refractivity contribution in [3.8, 4) is 0 Å². The van der Waals surface area contributed by atoms with E-state index in [0.29, 0.717) is 16.6 Å². The molecular weight excluding hydrogens is 328 g/mol. The lowest BCUT2D eigenvalue weighted by molar-refractivity contribution is 0.153. The molecule has 0 saturated heterocycles. The van der Waals surface area contributed by atoms with Crippen LogP contribution in [0.1, 0.15) is 28.8 Å². The van der Waals surface area contributed by atoms with Gasteiger partial charge >= 0.3 is 6.09 Å². The minimum absolute atomic E-state index is 0.0165. The van der Waals surface area contributed by atoms with E-state index in [0.717, 1.165) is 30.5 Å². The Morgan fingerprint density at radius 2 is 1.96 bits per heavy atom. The van der Waals surface area contributed by atoms with E-state index in [2.05, 4.69) is 16.4 Å². The molecule has 132 valence electrons. The summed E-state index contributed by atoms with van der Waals surface area (Å²) in [5.74, 6) is 0. The highest BCUT2D eigenvalue weighted by molar-refractivity contribution is 5.85. The number of aromatic amines is 1. The number of amides is 1. The summed E-state index contributed by atoms with van der Waals surface area (Å²) in [6.07, 6.45) is 2.79. The van der Waals surface area contributed by atoms with Crippen molar-refractivity contribution in [1.29, 1.82) is 0 Å². The molecule has 0 bridgehead atoms. The van der Waals surface area contributed by atoms with Gasteiger partial charge in [0, 0.05) is 22.2 Å². The number of para-hydroxylation sites is 1. The zero-order chi connectivity index (χ0) is 18.1. The first-order chi connectivity index (χ1) is 12.6. The van der Waals surface area contributed by atoms with Crippen LogP contribution < -0.4 is 10.7 Å². The number of nitrogens with one attached hydrogen (secondary N) is 2. The molecule has 1 aliphatic carbocycles. The molecule has 0 spiro atoms. The van der Waals surface area contributed by atoms with E-state index in [1.54, 1.807) is 13.0 Å². The summed E-state index contributed by atoms with van der Waals surface area (Å²) in [4.78, 5) is 27.7. The van der Waals surface area contributed by atoms with E-state index in [9.17, 15) is 9.59 Å². The summed E-state index contributed by atoms with van der Waals surface area (Å²) in [6.45, 7) is 1.76. The summed E-state index contributed by atoms with van der Waals surface area (Å²) >= 11 is 0. The fourth-order valence-electron chi connectivity index (χ4n) is 3.47. The second-order valence-electron chi connectivity index (χ2n) is 6.64. The molecule has 0 atom stereocenters. The normalized spacial score (nSPS) is 12.8. The van der Waals surface area contributed by atoms with Crippen LogP contribution >= 0.6 is 0 Å². The van der Waals surface area contributed by atoms with Crippen molar-refractivity contribution in [2.45, 2.75) is 32.8 Å². The molecule has 0 radical (unpaired) electrons. The topological polar surface area (TPSA) is 71.2 Å². The van der Waals surface area contributed by atoms with Crippen molar-refractivity contribution in [2.75, 3.05) is 5.32 Å². The van der Waals surface area contributed by atoms with E-state index in [1.807, 2.05) is 30.3 Å². The molecule has 1 aromatic heterocycles. The van der Waals surface area contributed by atoms with Gasteiger partial charge in [-0.1, -0.05) is 18.2 Å². The highest BCUT2D eigenvalue weighted by Crippen LogP contribution is 2.25. The van der Waals surface area contributed by atoms with E-state index in [4.69, 9.17) is 4.74 Å². The first-order valence-electron chi connectivity index (χ1n) is 8.78. The van der Waals surface area contributed by atoms with Gasteiger partial charge in [-0.05, 0) is 61.6 Å². The van der Waals surface area contributed by atoms with Crippen LogP contribution in [0.4, 0.5) is 10.5 Å². The van der Waals surface area contributed by atoms with Crippen LogP contribution in [-0.4, -0.2) is 11.1 Å². The third kappa shape index (κ3) is 3.08. The van der Waals surface area contributed by atoms with Gasteiger partial charge in [0.05, 0.1) is 5.69 Å². The summed E-state index contributed by atoms with van der Waals surface area (Å²) in [5.41, 5.74) is 5.25. The Morgan fingerprint density at radius 3 is 2.85 bits per heavy atom. The number of pyridine rings is 1. The molecule has 0 fully saturated rings. The van der Waals surface area contributed by atoms with Crippen molar-refractivity contribution in [3.63, 3.8) is 0 Å². The minimum Gasteiger partial charge on any atom is -0.443 e. The number of hydrogen-bond donors (Lipinski definition) is 2. The zero-order valence-electron chi connectivity index (χ0n) is 14.6. The highest BCUT2D eigenvalue weighted by Gasteiger charge is 2.13. The molecule has 1 aliphatic rings. The van der Waals surface area contributed by atoms with Crippen LogP contribution in [-0.2, 0) is 24.2 Å². The maximum absolute atomic E-state index is 12.4. The molecule has 26 heavy (non-hydrogen) atoms. The van der Waals surface area contributed by atoms with Gasteiger partial charge in [-0.25, -0.2) is 4.79 Å². The largest absolute Gasteiger partial charge is 0.443 e. The number of aryl methyl sites for hydroxylation is 2.